The van der Waals surface area contributed by atoms with Crippen LogP contribution in [0.1, 0.15) is 53.4 Å². The van der Waals surface area contributed by atoms with Gasteiger partial charge < -0.3 is 10.4 Å². The molecule has 1 aliphatic rings. The second-order valence-corrected chi connectivity index (χ2v) is 6.49. The minimum Gasteiger partial charge on any atom is -0.481 e. The molecule has 1 rings (SSSR count). The lowest BCUT2D eigenvalue weighted by Crippen LogP contribution is -2.58. The third kappa shape index (κ3) is 4.01. The Labute approximate surface area is 113 Å². The molecule has 0 aliphatic carbocycles. The molecule has 108 valence electrons. The fourth-order valence-corrected chi connectivity index (χ4v) is 2.89. The Hall–Kier alpha value is -1.46. The SMILES string of the molecule is CC1(C)CC(NC(=O)CCC(=O)O)CC(C)(C)[N+]1=O. The average molecular weight is 271 g/mol. The molecule has 0 atom stereocenters. The van der Waals surface area contributed by atoms with Crippen LogP contribution in [-0.2, 0) is 9.59 Å². The zero-order valence-electron chi connectivity index (χ0n) is 12.0. The van der Waals surface area contributed by atoms with E-state index in [0.29, 0.717) is 12.8 Å². The highest BCUT2D eigenvalue weighted by molar-refractivity contribution is 5.80. The van der Waals surface area contributed by atoms with Crippen molar-refractivity contribution in [2.45, 2.75) is 70.5 Å². The molecule has 0 spiro atoms. The van der Waals surface area contributed by atoms with Crippen LogP contribution < -0.4 is 5.32 Å². The van der Waals surface area contributed by atoms with Crippen molar-refractivity contribution in [3.05, 3.63) is 4.91 Å². The number of nitroso groups, excluding NO2 is 1. The molecule has 6 nitrogen and oxygen atoms in total. The standard InChI is InChI=1S/C13H22N2O4/c1-12(2)7-9(8-13(3,4)15(12)19)14-10(16)5-6-11(17)18/h9H,5-8H2,1-4H3,(H-,14,16,17,18)/p+1. The number of piperidine rings is 1. The molecule has 19 heavy (non-hydrogen) atoms. The van der Waals surface area contributed by atoms with E-state index in [2.05, 4.69) is 5.32 Å². The van der Waals surface area contributed by atoms with Crippen molar-refractivity contribution in [3.8, 4) is 0 Å². The Morgan fingerprint density at radius 1 is 1.16 bits per heavy atom. The van der Waals surface area contributed by atoms with E-state index >= 15 is 0 Å². The highest BCUT2D eigenvalue weighted by atomic mass is 16.4. The lowest BCUT2D eigenvalue weighted by Gasteiger charge is -2.36. The molecule has 0 aromatic heterocycles. The van der Waals surface area contributed by atoms with Crippen molar-refractivity contribution in [1.29, 1.82) is 0 Å². The Morgan fingerprint density at radius 2 is 1.63 bits per heavy atom. The molecule has 0 aromatic carbocycles. The summed E-state index contributed by atoms with van der Waals surface area (Å²) in [4.78, 5) is 34.2. The van der Waals surface area contributed by atoms with Gasteiger partial charge in [-0.25, -0.2) is 0 Å². The van der Waals surface area contributed by atoms with Crippen molar-refractivity contribution in [3.63, 3.8) is 0 Å². The number of aliphatic carboxylic acids is 1. The summed E-state index contributed by atoms with van der Waals surface area (Å²) in [5.41, 5.74) is -1.07. The third-order valence-electron chi connectivity index (χ3n) is 3.52. The van der Waals surface area contributed by atoms with Gasteiger partial charge in [0.05, 0.1) is 6.42 Å². The number of amides is 1. The molecule has 1 saturated heterocycles. The van der Waals surface area contributed by atoms with Gasteiger partial charge in [0, 0.05) is 62.7 Å². The molecule has 1 fully saturated rings. The first-order valence-corrected chi connectivity index (χ1v) is 6.53. The van der Waals surface area contributed by atoms with Crippen molar-refractivity contribution in [1.82, 2.24) is 5.32 Å². The summed E-state index contributed by atoms with van der Waals surface area (Å²) in [6, 6.07) is -0.0866. The van der Waals surface area contributed by atoms with E-state index in [1.165, 1.54) is 0 Å². The highest BCUT2D eigenvalue weighted by Gasteiger charge is 2.53. The van der Waals surface area contributed by atoms with Crippen LogP contribution in [0.2, 0.25) is 0 Å². The second kappa shape index (κ2) is 5.27. The first-order chi connectivity index (χ1) is 8.54. The topological polar surface area (TPSA) is 86.5 Å². The molecular weight excluding hydrogens is 248 g/mol. The van der Waals surface area contributed by atoms with Gasteiger partial charge in [-0.1, -0.05) is 0 Å². The van der Waals surface area contributed by atoms with E-state index in [4.69, 9.17) is 5.11 Å². The van der Waals surface area contributed by atoms with Gasteiger partial charge in [-0.2, -0.15) is 0 Å². The fourth-order valence-electron chi connectivity index (χ4n) is 2.89. The van der Waals surface area contributed by atoms with Crippen LogP contribution in [0.25, 0.3) is 0 Å². The maximum Gasteiger partial charge on any atom is 0.303 e. The summed E-state index contributed by atoms with van der Waals surface area (Å²) < 4.78 is 1.10. The number of nitrogens with one attached hydrogen (secondary N) is 1. The van der Waals surface area contributed by atoms with Gasteiger partial charge in [0.2, 0.25) is 17.0 Å². The normalized spacial score (nSPS) is 22.0. The molecule has 6 heteroatoms. The number of carboxylic acid groups (broad SMARTS) is 1. The van der Waals surface area contributed by atoms with Gasteiger partial charge >= 0.3 is 5.97 Å². The molecule has 1 aliphatic heterocycles. The van der Waals surface area contributed by atoms with E-state index in [0.717, 1.165) is 4.76 Å². The van der Waals surface area contributed by atoms with Gasteiger partial charge in [0.15, 0.2) is 0 Å². The monoisotopic (exact) mass is 271 g/mol. The Morgan fingerprint density at radius 3 is 2.05 bits per heavy atom. The fraction of sp³-hybridized carbons (Fsp3) is 0.846. The van der Waals surface area contributed by atoms with E-state index < -0.39 is 17.0 Å². The van der Waals surface area contributed by atoms with Crippen LogP contribution >= 0.6 is 0 Å². The van der Waals surface area contributed by atoms with E-state index in [-0.39, 0.29) is 24.8 Å². The lowest BCUT2D eigenvalue weighted by molar-refractivity contribution is -0.693. The van der Waals surface area contributed by atoms with Gasteiger partial charge in [-0.15, -0.1) is 0 Å². The average Bonchev–Trinajstić information content (AvgIpc) is 2.22. The zero-order valence-corrected chi connectivity index (χ0v) is 12.0. The maximum atomic E-state index is 12.1. The smallest absolute Gasteiger partial charge is 0.303 e. The molecule has 0 unspecified atom stereocenters. The first-order valence-electron chi connectivity index (χ1n) is 6.53. The predicted molar refractivity (Wildman–Crippen MR) is 69.8 cm³/mol. The summed E-state index contributed by atoms with van der Waals surface area (Å²) >= 11 is 0. The number of hydrogen-bond donors (Lipinski definition) is 2. The van der Waals surface area contributed by atoms with Crippen LogP contribution in [0, 0.1) is 4.91 Å². The quantitative estimate of drug-likeness (QED) is 0.758. The van der Waals surface area contributed by atoms with Crippen molar-refractivity contribution in [2.24, 2.45) is 0 Å². The molecule has 0 radical (unpaired) electrons. The second-order valence-electron chi connectivity index (χ2n) is 6.49. The van der Waals surface area contributed by atoms with Crippen molar-refractivity contribution >= 4 is 11.9 Å². The van der Waals surface area contributed by atoms with Crippen LogP contribution in [0.3, 0.4) is 0 Å². The predicted octanol–water partition coefficient (Wildman–Crippen LogP) is 1.47. The number of rotatable bonds is 4. The first kappa shape index (κ1) is 15.6. The molecule has 0 aromatic rings. The van der Waals surface area contributed by atoms with E-state index in [9.17, 15) is 14.5 Å². The van der Waals surface area contributed by atoms with Gasteiger partial charge in [-0.05, 0) is 0 Å². The Balaban J connectivity index is 2.63. The molecular formula is C13H23N2O4+. The highest BCUT2D eigenvalue weighted by Crippen LogP contribution is 2.34. The summed E-state index contributed by atoms with van der Waals surface area (Å²) in [6.07, 6.45) is 0.949. The number of carboxylic acids is 1. The largest absolute Gasteiger partial charge is 0.481 e. The van der Waals surface area contributed by atoms with Gasteiger partial charge in [-0.3, -0.25) is 9.59 Å². The van der Waals surface area contributed by atoms with Crippen LogP contribution in [0.15, 0.2) is 0 Å². The summed E-state index contributed by atoms with van der Waals surface area (Å²) in [7, 11) is 0. The number of hydrogen-bond acceptors (Lipinski definition) is 3. The van der Waals surface area contributed by atoms with Crippen LogP contribution in [0.4, 0.5) is 0 Å². The minimum absolute atomic E-state index is 0.0201. The van der Waals surface area contributed by atoms with Crippen molar-refractivity contribution in [2.75, 3.05) is 0 Å². The third-order valence-corrected chi connectivity index (χ3v) is 3.52. The van der Waals surface area contributed by atoms with E-state index in [1.807, 2.05) is 27.7 Å². The number of carbonyl (C=O) groups is 2. The summed E-state index contributed by atoms with van der Waals surface area (Å²) in [6.45, 7) is 7.43. The van der Waals surface area contributed by atoms with Crippen LogP contribution in [-0.4, -0.2) is 38.9 Å². The van der Waals surface area contributed by atoms with Gasteiger partial charge in [0.1, 0.15) is 0 Å². The number of carbonyl (C=O) groups excluding carboxylic acids is 1. The maximum absolute atomic E-state index is 12.1. The Kier molecular flexibility index (Phi) is 4.32. The van der Waals surface area contributed by atoms with Crippen LogP contribution in [0.5, 0.6) is 0 Å². The Bertz CT molecular complexity index is 381. The molecule has 1 amide bonds. The molecule has 1 heterocycles. The minimum atomic E-state index is -0.981. The lowest BCUT2D eigenvalue weighted by atomic mass is 9.79. The molecule has 2 N–H and O–H groups in total. The summed E-state index contributed by atoms with van der Waals surface area (Å²) in [5.74, 6) is -1.25. The zero-order chi connectivity index (χ0) is 14.8. The number of nitrogens with zero attached hydrogens (tertiary/aromatic N) is 1. The molecule has 0 saturated carbocycles. The summed E-state index contributed by atoms with van der Waals surface area (Å²) in [5, 5.41) is 11.4. The van der Waals surface area contributed by atoms with Gasteiger partial charge in [0.25, 0.3) is 0 Å². The molecule has 0 bridgehead atoms. The van der Waals surface area contributed by atoms with Crippen molar-refractivity contribution < 1.29 is 19.5 Å². The van der Waals surface area contributed by atoms with E-state index in [1.54, 1.807) is 0 Å².